The van der Waals surface area contributed by atoms with Crippen LogP contribution >= 0.6 is 11.3 Å². The summed E-state index contributed by atoms with van der Waals surface area (Å²) in [5, 5.41) is 5.80. The fourth-order valence-electron chi connectivity index (χ4n) is 1.78. The number of aromatic nitrogens is 2. The van der Waals surface area contributed by atoms with Crippen LogP contribution in [0.4, 0.5) is 0 Å². The van der Waals surface area contributed by atoms with Crippen molar-refractivity contribution >= 4 is 17.2 Å². The lowest BCUT2D eigenvalue weighted by Crippen LogP contribution is -2.35. The van der Waals surface area contributed by atoms with E-state index in [0.717, 1.165) is 16.4 Å². The average molecular weight is 317 g/mol. The third-order valence-electron chi connectivity index (χ3n) is 2.95. The third kappa shape index (κ3) is 4.75. The molecule has 0 bridgehead atoms. The summed E-state index contributed by atoms with van der Waals surface area (Å²) in [6.45, 7) is 6.18. The quantitative estimate of drug-likeness (QED) is 0.760. The molecule has 1 amide bonds. The molecular weight excluding hydrogens is 298 g/mol. The van der Waals surface area contributed by atoms with Crippen molar-refractivity contribution in [2.45, 2.75) is 19.4 Å². The van der Waals surface area contributed by atoms with Gasteiger partial charge in [-0.3, -0.25) is 9.78 Å². The molecule has 116 valence electrons. The Labute approximate surface area is 134 Å². The van der Waals surface area contributed by atoms with Gasteiger partial charge in [-0.1, -0.05) is 12.1 Å². The summed E-state index contributed by atoms with van der Waals surface area (Å²) >= 11 is 1.57. The smallest absolute Gasteiger partial charge is 0.248 e. The van der Waals surface area contributed by atoms with Crippen LogP contribution in [-0.2, 0) is 16.0 Å². The monoisotopic (exact) mass is 317 g/mol. The van der Waals surface area contributed by atoms with Crippen LogP contribution in [0.15, 0.2) is 42.4 Å². The summed E-state index contributed by atoms with van der Waals surface area (Å²) in [5.41, 5.74) is 1.73. The average Bonchev–Trinajstić information content (AvgIpc) is 3.02. The van der Waals surface area contributed by atoms with Crippen LogP contribution in [0, 0.1) is 0 Å². The predicted molar refractivity (Wildman–Crippen MR) is 87.7 cm³/mol. The maximum Gasteiger partial charge on any atom is 0.248 e. The molecule has 0 saturated carbocycles. The highest BCUT2D eigenvalue weighted by atomic mass is 32.1. The lowest BCUT2D eigenvalue weighted by Gasteiger charge is -2.11. The van der Waals surface area contributed by atoms with E-state index in [4.69, 9.17) is 4.74 Å². The number of ether oxygens (including phenoxy) is 1. The third-order valence-corrected chi connectivity index (χ3v) is 3.86. The van der Waals surface area contributed by atoms with Crippen LogP contribution < -0.4 is 5.32 Å². The minimum atomic E-state index is -0.474. The maximum absolute atomic E-state index is 11.8. The van der Waals surface area contributed by atoms with Gasteiger partial charge >= 0.3 is 0 Å². The molecule has 0 spiro atoms. The molecule has 1 N–H and O–H groups in total. The summed E-state index contributed by atoms with van der Waals surface area (Å²) in [6.07, 6.45) is 3.59. The minimum absolute atomic E-state index is 0.122. The fourth-order valence-corrected chi connectivity index (χ4v) is 2.57. The maximum atomic E-state index is 11.8. The molecule has 0 fully saturated rings. The van der Waals surface area contributed by atoms with Crippen LogP contribution in [0.25, 0.3) is 11.4 Å². The molecule has 2 rings (SSSR count). The standard InChI is InChI=1S/C16H19N3O2S/c1-3-10-21-12(2)16(20)18-9-7-15-19-14(11-22-15)13-6-4-5-8-17-13/h3-6,8,11-12H,1,7,9-10H2,2H3,(H,18,20). The Balaban J connectivity index is 1.79. The number of amides is 1. The second-order valence-corrected chi connectivity index (χ2v) is 5.59. The van der Waals surface area contributed by atoms with Gasteiger partial charge in [0.25, 0.3) is 0 Å². The molecule has 0 aliphatic heterocycles. The number of nitrogens with one attached hydrogen (secondary N) is 1. The summed E-state index contributed by atoms with van der Waals surface area (Å²) in [5.74, 6) is -0.122. The number of thiazole rings is 1. The number of hydrogen-bond donors (Lipinski definition) is 1. The zero-order chi connectivity index (χ0) is 15.8. The minimum Gasteiger partial charge on any atom is -0.365 e. The molecule has 0 aliphatic carbocycles. The molecule has 1 atom stereocenters. The number of carbonyl (C=O) groups is 1. The Morgan fingerprint density at radius 2 is 2.36 bits per heavy atom. The van der Waals surface area contributed by atoms with Crippen molar-refractivity contribution in [1.29, 1.82) is 0 Å². The largest absolute Gasteiger partial charge is 0.365 e. The van der Waals surface area contributed by atoms with Crippen molar-refractivity contribution in [3.05, 3.63) is 47.4 Å². The van der Waals surface area contributed by atoms with Gasteiger partial charge in [0.15, 0.2) is 0 Å². The van der Waals surface area contributed by atoms with E-state index in [0.29, 0.717) is 19.6 Å². The van der Waals surface area contributed by atoms with Crippen molar-refractivity contribution < 1.29 is 9.53 Å². The van der Waals surface area contributed by atoms with Gasteiger partial charge in [0.2, 0.25) is 5.91 Å². The molecular formula is C16H19N3O2S. The number of hydrogen-bond acceptors (Lipinski definition) is 5. The molecule has 0 radical (unpaired) electrons. The molecule has 2 aromatic heterocycles. The Kier molecular flexibility index (Phi) is 6.24. The summed E-state index contributed by atoms with van der Waals surface area (Å²) < 4.78 is 5.27. The molecule has 0 aromatic carbocycles. The molecule has 5 nitrogen and oxygen atoms in total. The SMILES string of the molecule is C=CCOC(C)C(=O)NCCc1nc(-c2ccccn2)cs1. The predicted octanol–water partition coefficient (Wildman–Crippen LogP) is 2.45. The highest BCUT2D eigenvalue weighted by molar-refractivity contribution is 7.09. The lowest BCUT2D eigenvalue weighted by atomic mass is 10.3. The number of nitrogens with zero attached hydrogens (tertiary/aromatic N) is 2. The summed E-state index contributed by atoms with van der Waals surface area (Å²) in [4.78, 5) is 20.6. The lowest BCUT2D eigenvalue weighted by molar-refractivity contribution is -0.130. The first-order valence-electron chi connectivity index (χ1n) is 7.06. The van der Waals surface area contributed by atoms with Crippen LogP contribution in [0.3, 0.4) is 0 Å². The van der Waals surface area contributed by atoms with E-state index in [1.165, 1.54) is 0 Å². The summed E-state index contributed by atoms with van der Waals surface area (Å²) in [7, 11) is 0. The van der Waals surface area contributed by atoms with Gasteiger partial charge in [-0.2, -0.15) is 0 Å². The van der Waals surface area contributed by atoms with E-state index in [-0.39, 0.29) is 5.91 Å². The normalized spacial score (nSPS) is 11.9. The first-order valence-corrected chi connectivity index (χ1v) is 7.94. The van der Waals surface area contributed by atoms with E-state index < -0.39 is 6.10 Å². The van der Waals surface area contributed by atoms with Crippen LogP contribution in [0.1, 0.15) is 11.9 Å². The van der Waals surface area contributed by atoms with Crippen LogP contribution in [0.2, 0.25) is 0 Å². The molecule has 0 saturated heterocycles. The van der Waals surface area contributed by atoms with Crippen molar-refractivity contribution in [2.24, 2.45) is 0 Å². The zero-order valence-corrected chi connectivity index (χ0v) is 13.3. The van der Waals surface area contributed by atoms with Gasteiger partial charge in [0.1, 0.15) is 6.10 Å². The van der Waals surface area contributed by atoms with Crippen molar-refractivity contribution in [3.8, 4) is 11.4 Å². The van der Waals surface area contributed by atoms with Crippen LogP contribution in [-0.4, -0.2) is 35.1 Å². The molecule has 2 heterocycles. The Morgan fingerprint density at radius 3 is 3.09 bits per heavy atom. The van der Waals surface area contributed by atoms with Crippen molar-refractivity contribution in [3.63, 3.8) is 0 Å². The Morgan fingerprint density at radius 1 is 1.50 bits per heavy atom. The van der Waals surface area contributed by atoms with Gasteiger partial charge in [0.05, 0.1) is 23.0 Å². The molecule has 2 aromatic rings. The molecule has 6 heteroatoms. The second kappa shape index (κ2) is 8.41. The fraction of sp³-hybridized carbons (Fsp3) is 0.312. The topological polar surface area (TPSA) is 64.1 Å². The Hall–Kier alpha value is -2.05. The van der Waals surface area contributed by atoms with Gasteiger partial charge < -0.3 is 10.1 Å². The van der Waals surface area contributed by atoms with E-state index in [9.17, 15) is 4.79 Å². The number of carbonyl (C=O) groups excluding carboxylic acids is 1. The van der Waals surface area contributed by atoms with E-state index in [1.807, 2.05) is 23.6 Å². The van der Waals surface area contributed by atoms with E-state index in [1.54, 1.807) is 30.5 Å². The molecule has 0 aliphatic rings. The highest BCUT2D eigenvalue weighted by Gasteiger charge is 2.12. The van der Waals surface area contributed by atoms with Gasteiger partial charge in [0, 0.05) is 24.5 Å². The number of pyridine rings is 1. The molecule has 22 heavy (non-hydrogen) atoms. The van der Waals surface area contributed by atoms with Crippen molar-refractivity contribution in [1.82, 2.24) is 15.3 Å². The zero-order valence-electron chi connectivity index (χ0n) is 12.5. The van der Waals surface area contributed by atoms with Crippen LogP contribution in [0.5, 0.6) is 0 Å². The van der Waals surface area contributed by atoms with Gasteiger partial charge in [-0.05, 0) is 19.1 Å². The van der Waals surface area contributed by atoms with E-state index >= 15 is 0 Å². The first kappa shape index (κ1) is 16.3. The Bertz CT molecular complexity index is 613. The van der Waals surface area contributed by atoms with Crippen molar-refractivity contribution in [2.75, 3.05) is 13.2 Å². The second-order valence-electron chi connectivity index (χ2n) is 4.65. The van der Waals surface area contributed by atoms with Gasteiger partial charge in [-0.25, -0.2) is 4.98 Å². The first-order chi connectivity index (χ1) is 10.7. The van der Waals surface area contributed by atoms with Gasteiger partial charge in [-0.15, -0.1) is 17.9 Å². The van der Waals surface area contributed by atoms with E-state index in [2.05, 4.69) is 21.9 Å². The molecule has 1 unspecified atom stereocenters. The number of rotatable bonds is 8. The highest BCUT2D eigenvalue weighted by Crippen LogP contribution is 2.19. The summed E-state index contributed by atoms with van der Waals surface area (Å²) in [6, 6.07) is 5.74.